The number of aliphatic hydroxyl groups excluding tert-OH is 1. The van der Waals surface area contributed by atoms with E-state index in [9.17, 15) is 9.59 Å². The summed E-state index contributed by atoms with van der Waals surface area (Å²) in [4.78, 5) is 26.9. The average Bonchev–Trinajstić information content (AvgIpc) is 2.13. The Morgan fingerprint density at radius 1 is 1.53 bits per heavy atom. The van der Waals surface area contributed by atoms with Gasteiger partial charge in [0, 0.05) is 13.6 Å². The molecule has 7 nitrogen and oxygen atoms in total. The number of hydrogen-bond acceptors (Lipinski definition) is 4. The van der Waals surface area contributed by atoms with Gasteiger partial charge in [0.1, 0.15) is 0 Å². The molecule has 0 fully saturated rings. The number of rotatable bonds is 6. The molecule has 1 unspecified atom stereocenters. The standard InChI is InChI=1S/C8H16N2O5/c1-6(11)3-4-10(2)8(14)9-15-5-7(12)13/h6,11H,3-5H2,1-2H3,(H,9,14)(H,12,13). The molecule has 0 saturated heterocycles. The maximum absolute atomic E-state index is 11.2. The molecule has 3 N–H and O–H groups in total. The van der Waals surface area contributed by atoms with E-state index in [1.807, 2.05) is 5.48 Å². The van der Waals surface area contributed by atoms with Crippen molar-refractivity contribution in [3.63, 3.8) is 0 Å². The fourth-order valence-corrected chi connectivity index (χ4v) is 0.720. The Bertz CT molecular complexity index is 219. The molecule has 15 heavy (non-hydrogen) atoms. The van der Waals surface area contributed by atoms with E-state index in [0.29, 0.717) is 13.0 Å². The number of carbonyl (C=O) groups excluding carboxylic acids is 1. The van der Waals surface area contributed by atoms with Crippen LogP contribution in [0.15, 0.2) is 0 Å². The van der Waals surface area contributed by atoms with Gasteiger partial charge in [0.05, 0.1) is 6.10 Å². The topological polar surface area (TPSA) is 99.1 Å². The molecule has 0 aliphatic rings. The van der Waals surface area contributed by atoms with Gasteiger partial charge in [-0.05, 0) is 13.3 Å². The van der Waals surface area contributed by atoms with Crippen molar-refractivity contribution in [3.05, 3.63) is 0 Å². The molecule has 0 aliphatic carbocycles. The number of urea groups is 1. The third-order valence-corrected chi connectivity index (χ3v) is 1.58. The molecule has 7 heteroatoms. The second-order valence-electron chi connectivity index (χ2n) is 3.15. The van der Waals surface area contributed by atoms with Crippen LogP contribution in [0.2, 0.25) is 0 Å². The highest BCUT2D eigenvalue weighted by Crippen LogP contribution is 1.93. The molecule has 2 amide bonds. The van der Waals surface area contributed by atoms with Crippen molar-refractivity contribution in [2.45, 2.75) is 19.4 Å². The lowest BCUT2D eigenvalue weighted by atomic mass is 10.3. The first-order valence-corrected chi connectivity index (χ1v) is 4.46. The van der Waals surface area contributed by atoms with Gasteiger partial charge in [-0.3, -0.25) is 4.84 Å². The van der Waals surface area contributed by atoms with Gasteiger partial charge in [-0.1, -0.05) is 0 Å². The first-order chi connectivity index (χ1) is 6.93. The van der Waals surface area contributed by atoms with Crippen LogP contribution in [0.1, 0.15) is 13.3 Å². The number of hydrogen-bond donors (Lipinski definition) is 3. The van der Waals surface area contributed by atoms with Crippen LogP contribution >= 0.6 is 0 Å². The van der Waals surface area contributed by atoms with Gasteiger partial charge >= 0.3 is 12.0 Å². The molecule has 1 atom stereocenters. The second-order valence-corrected chi connectivity index (χ2v) is 3.15. The normalized spacial score (nSPS) is 11.9. The lowest BCUT2D eigenvalue weighted by Gasteiger charge is -2.17. The molecule has 0 rings (SSSR count). The molecule has 0 heterocycles. The zero-order chi connectivity index (χ0) is 11.8. The molecular weight excluding hydrogens is 204 g/mol. The summed E-state index contributed by atoms with van der Waals surface area (Å²) in [5, 5.41) is 17.2. The number of carboxylic acid groups (broad SMARTS) is 1. The van der Waals surface area contributed by atoms with Crippen LogP contribution in [-0.2, 0) is 9.63 Å². The van der Waals surface area contributed by atoms with E-state index in [4.69, 9.17) is 10.2 Å². The van der Waals surface area contributed by atoms with Crippen molar-refractivity contribution < 1.29 is 24.6 Å². The van der Waals surface area contributed by atoms with Gasteiger partial charge in [-0.2, -0.15) is 0 Å². The van der Waals surface area contributed by atoms with Crippen molar-refractivity contribution in [1.82, 2.24) is 10.4 Å². The Kier molecular flexibility index (Phi) is 6.39. The van der Waals surface area contributed by atoms with Crippen LogP contribution in [-0.4, -0.2) is 53.4 Å². The molecule has 0 aliphatic heterocycles. The first kappa shape index (κ1) is 13.7. The summed E-state index contributed by atoms with van der Waals surface area (Å²) in [6.45, 7) is 1.39. The van der Waals surface area contributed by atoms with Crippen LogP contribution < -0.4 is 5.48 Å². The van der Waals surface area contributed by atoms with Gasteiger partial charge in [0.25, 0.3) is 0 Å². The highest BCUT2D eigenvalue weighted by Gasteiger charge is 2.09. The summed E-state index contributed by atoms with van der Waals surface area (Å²) < 4.78 is 0. The van der Waals surface area contributed by atoms with Crippen molar-refractivity contribution >= 4 is 12.0 Å². The Labute approximate surface area is 87.6 Å². The van der Waals surface area contributed by atoms with E-state index in [0.717, 1.165) is 0 Å². The van der Waals surface area contributed by atoms with Crippen molar-refractivity contribution in [1.29, 1.82) is 0 Å². The van der Waals surface area contributed by atoms with Gasteiger partial charge in [-0.15, -0.1) is 0 Å². The fraction of sp³-hybridized carbons (Fsp3) is 0.750. The van der Waals surface area contributed by atoms with E-state index in [1.165, 1.54) is 11.9 Å². The summed E-state index contributed by atoms with van der Waals surface area (Å²) in [7, 11) is 1.52. The predicted octanol–water partition coefficient (Wildman–Crippen LogP) is -0.585. The monoisotopic (exact) mass is 220 g/mol. The molecule has 0 bridgehead atoms. The van der Waals surface area contributed by atoms with Crippen LogP contribution in [0.3, 0.4) is 0 Å². The minimum Gasteiger partial charge on any atom is -0.479 e. The average molecular weight is 220 g/mol. The Hall–Kier alpha value is -1.34. The fourth-order valence-electron chi connectivity index (χ4n) is 0.720. The van der Waals surface area contributed by atoms with Gasteiger partial charge in [0.15, 0.2) is 6.61 Å². The Morgan fingerprint density at radius 3 is 2.60 bits per heavy atom. The largest absolute Gasteiger partial charge is 0.479 e. The minimum atomic E-state index is -1.16. The first-order valence-electron chi connectivity index (χ1n) is 4.46. The highest BCUT2D eigenvalue weighted by molar-refractivity contribution is 5.73. The minimum absolute atomic E-state index is 0.361. The lowest BCUT2D eigenvalue weighted by molar-refractivity contribution is -0.144. The van der Waals surface area contributed by atoms with E-state index >= 15 is 0 Å². The summed E-state index contributed by atoms with van der Waals surface area (Å²) in [6.07, 6.45) is -0.0387. The summed E-state index contributed by atoms with van der Waals surface area (Å²) >= 11 is 0. The predicted molar refractivity (Wildman–Crippen MR) is 51.0 cm³/mol. The second kappa shape index (κ2) is 7.02. The number of amides is 2. The smallest absolute Gasteiger partial charge is 0.341 e. The molecule has 0 saturated carbocycles. The lowest BCUT2D eigenvalue weighted by Crippen LogP contribution is -2.39. The quantitative estimate of drug-likeness (QED) is 0.520. The number of aliphatic carboxylic acids is 1. The maximum atomic E-state index is 11.2. The SMILES string of the molecule is CC(O)CCN(C)C(=O)NOCC(=O)O. The van der Waals surface area contributed by atoms with Crippen LogP contribution in [0.25, 0.3) is 0 Å². The number of hydroxylamine groups is 1. The van der Waals surface area contributed by atoms with Crippen molar-refractivity contribution in [2.75, 3.05) is 20.2 Å². The maximum Gasteiger partial charge on any atom is 0.341 e. The van der Waals surface area contributed by atoms with Gasteiger partial charge in [0.2, 0.25) is 0 Å². The number of carbonyl (C=O) groups is 2. The van der Waals surface area contributed by atoms with Gasteiger partial charge in [-0.25, -0.2) is 15.1 Å². The molecule has 0 aromatic heterocycles. The molecule has 0 aromatic rings. The summed E-state index contributed by atoms with van der Waals surface area (Å²) in [6, 6.07) is -0.545. The Balaban J connectivity index is 3.64. The third-order valence-electron chi connectivity index (χ3n) is 1.58. The number of aliphatic hydroxyl groups is 1. The van der Waals surface area contributed by atoms with Crippen LogP contribution in [0.4, 0.5) is 4.79 Å². The van der Waals surface area contributed by atoms with E-state index in [2.05, 4.69) is 4.84 Å². The number of nitrogens with zero attached hydrogens (tertiary/aromatic N) is 1. The zero-order valence-corrected chi connectivity index (χ0v) is 8.77. The van der Waals surface area contributed by atoms with E-state index in [-0.39, 0.29) is 0 Å². The molecule has 88 valence electrons. The van der Waals surface area contributed by atoms with Gasteiger partial charge < -0.3 is 15.1 Å². The number of nitrogens with one attached hydrogen (secondary N) is 1. The van der Waals surface area contributed by atoms with Crippen LogP contribution in [0, 0.1) is 0 Å². The van der Waals surface area contributed by atoms with E-state index < -0.39 is 24.7 Å². The molecule has 0 spiro atoms. The summed E-state index contributed by atoms with van der Waals surface area (Å²) in [5.74, 6) is -1.16. The number of carboxylic acids is 1. The third kappa shape index (κ3) is 7.71. The molecular formula is C8H16N2O5. The highest BCUT2D eigenvalue weighted by atomic mass is 16.7. The molecule has 0 radical (unpaired) electrons. The summed E-state index contributed by atoms with van der Waals surface area (Å²) in [5.41, 5.74) is 1.96. The van der Waals surface area contributed by atoms with Crippen LogP contribution in [0.5, 0.6) is 0 Å². The molecule has 0 aromatic carbocycles. The van der Waals surface area contributed by atoms with Crippen molar-refractivity contribution in [2.24, 2.45) is 0 Å². The zero-order valence-electron chi connectivity index (χ0n) is 8.77. The van der Waals surface area contributed by atoms with Crippen molar-refractivity contribution in [3.8, 4) is 0 Å². The Morgan fingerprint density at radius 2 is 2.13 bits per heavy atom. The van der Waals surface area contributed by atoms with E-state index in [1.54, 1.807) is 6.92 Å².